The summed E-state index contributed by atoms with van der Waals surface area (Å²) in [6, 6.07) is 0. The fraction of sp³-hybridized carbons (Fsp3) is 0.636. The molecule has 2 heterocycles. The van der Waals surface area contributed by atoms with Crippen LogP contribution in [0.1, 0.15) is 13.3 Å². The van der Waals surface area contributed by atoms with Crippen molar-refractivity contribution in [2.75, 3.05) is 37.4 Å². The topological polar surface area (TPSA) is 83.0 Å². The average Bonchev–Trinajstić information content (AvgIpc) is 2.81. The average molecular weight is 285 g/mol. The number of halogens is 1. The molecule has 8 heteroatoms. The maximum atomic E-state index is 11.9. The van der Waals surface area contributed by atoms with E-state index in [0.29, 0.717) is 25.0 Å². The van der Waals surface area contributed by atoms with E-state index >= 15 is 0 Å². The lowest BCUT2D eigenvalue weighted by molar-refractivity contribution is -0.128. The molecule has 0 aromatic carbocycles. The molecule has 1 aromatic rings. The van der Waals surface area contributed by atoms with Crippen molar-refractivity contribution in [2.45, 2.75) is 13.3 Å². The van der Waals surface area contributed by atoms with Gasteiger partial charge >= 0.3 is 0 Å². The first-order valence-corrected chi connectivity index (χ1v) is 6.43. The Bertz CT molecular complexity index is 496. The normalized spacial score (nSPS) is 22.4. The summed E-state index contributed by atoms with van der Waals surface area (Å²) in [5, 5.41) is 5.67. The van der Waals surface area contributed by atoms with Crippen molar-refractivity contribution < 1.29 is 4.79 Å². The summed E-state index contributed by atoms with van der Waals surface area (Å²) in [5.74, 6) is 0.949. The van der Waals surface area contributed by atoms with Crippen molar-refractivity contribution in [1.82, 2.24) is 20.3 Å². The highest BCUT2D eigenvalue weighted by Crippen LogP contribution is 2.32. The van der Waals surface area contributed by atoms with Crippen molar-refractivity contribution in [1.29, 1.82) is 0 Å². The fourth-order valence-corrected chi connectivity index (χ4v) is 2.37. The molecule has 0 bridgehead atoms. The van der Waals surface area contributed by atoms with Gasteiger partial charge in [0, 0.05) is 27.2 Å². The highest BCUT2D eigenvalue weighted by atomic mass is 35.5. The van der Waals surface area contributed by atoms with E-state index in [-0.39, 0.29) is 11.2 Å². The third-order valence-electron chi connectivity index (χ3n) is 3.35. The zero-order valence-corrected chi connectivity index (χ0v) is 12.0. The Morgan fingerprint density at radius 1 is 1.37 bits per heavy atom. The van der Waals surface area contributed by atoms with Gasteiger partial charge in [-0.2, -0.15) is 15.0 Å². The number of aromatic nitrogens is 3. The smallest absolute Gasteiger partial charge is 0.231 e. The molecule has 19 heavy (non-hydrogen) atoms. The van der Waals surface area contributed by atoms with Crippen LogP contribution in [0.2, 0.25) is 5.28 Å². The molecule has 1 unspecified atom stereocenters. The van der Waals surface area contributed by atoms with Gasteiger partial charge in [-0.15, -0.1) is 0 Å². The van der Waals surface area contributed by atoms with Gasteiger partial charge < -0.3 is 15.5 Å². The standard InChI is InChI=1S/C11H17ClN6O/c1-11(7(19)13-2)4-5-18(6-11)10-16-8(12)15-9(14-3)17-10/h4-6H2,1-3H3,(H,13,19)(H,14,15,16,17). The van der Waals surface area contributed by atoms with E-state index in [1.807, 2.05) is 11.8 Å². The molecule has 1 amide bonds. The molecule has 2 rings (SSSR count). The number of rotatable bonds is 3. The van der Waals surface area contributed by atoms with Crippen LogP contribution in [-0.2, 0) is 4.79 Å². The van der Waals surface area contributed by atoms with Crippen LogP contribution in [0.25, 0.3) is 0 Å². The Labute approximate surface area is 116 Å². The first kappa shape index (κ1) is 13.8. The third kappa shape index (κ3) is 2.70. The van der Waals surface area contributed by atoms with Crippen LogP contribution >= 0.6 is 11.6 Å². The van der Waals surface area contributed by atoms with E-state index in [1.165, 1.54) is 0 Å². The van der Waals surface area contributed by atoms with E-state index in [1.54, 1.807) is 14.1 Å². The van der Waals surface area contributed by atoms with Gasteiger partial charge in [0.1, 0.15) is 0 Å². The second kappa shape index (κ2) is 5.16. The predicted octanol–water partition coefficient (Wildman–Crippen LogP) is 0.529. The summed E-state index contributed by atoms with van der Waals surface area (Å²) in [6.07, 6.45) is 0.755. The number of nitrogens with zero attached hydrogens (tertiary/aromatic N) is 4. The van der Waals surface area contributed by atoms with Crippen LogP contribution in [-0.4, -0.2) is 48.0 Å². The predicted molar refractivity (Wildman–Crippen MR) is 73.4 cm³/mol. The molecule has 1 saturated heterocycles. The zero-order valence-electron chi connectivity index (χ0n) is 11.2. The maximum absolute atomic E-state index is 11.9. The lowest BCUT2D eigenvalue weighted by atomic mass is 9.89. The number of carbonyl (C=O) groups excluding carboxylic acids is 1. The second-order valence-electron chi connectivity index (χ2n) is 4.79. The van der Waals surface area contributed by atoms with E-state index in [2.05, 4.69) is 25.6 Å². The number of carbonyl (C=O) groups is 1. The van der Waals surface area contributed by atoms with Gasteiger partial charge in [0.25, 0.3) is 0 Å². The van der Waals surface area contributed by atoms with Gasteiger partial charge in [-0.25, -0.2) is 0 Å². The monoisotopic (exact) mass is 284 g/mol. The first-order valence-electron chi connectivity index (χ1n) is 6.05. The van der Waals surface area contributed by atoms with Gasteiger partial charge in [-0.3, -0.25) is 4.79 Å². The minimum Gasteiger partial charge on any atom is -0.359 e. The molecule has 7 nitrogen and oxygen atoms in total. The van der Waals surface area contributed by atoms with Crippen LogP contribution < -0.4 is 15.5 Å². The second-order valence-corrected chi connectivity index (χ2v) is 5.13. The first-order chi connectivity index (χ1) is 8.98. The summed E-state index contributed by atoms with van der Waals surface area (Å²) in [7, 11) is 3.36. The van der Waals surface area contributed by atoms with Crippen molar-refractivity contribution in [3.05, 3.63) is 5.28 Å². The van der Waals surface area contributed by atoms with Crippen LogP contribution in [0.15, 0.2) is 0 Å². The van der Waals surface area contributed by atoms with Crippen molar-refractivity contribution in [3.8, 4) is 0 Å². The Hall–Kier alpha value is -1.63. The number of nitrogens with one attached hydrogen (secondary N) is 2. The molecule has 2 N–H and O–H groups in total. The van der Waals surface area contributed by atoms with E-state index in [0.717, 1.165) is 6.42 Å². The summed E-state index contributed by atoms with van der Waals surface area (Å²) in [4.78, 5) is 26.1. The van der Waals surface area contributed by atoms with Gasteiger partial charge in [-0.05, 0) is 24.9 Å². The van der Waals surface area contributed by atoms with E-state index in [4.69, 9.17) is 11.6 Å². The van der Waals surface area contributed by atoms with Gasteiger partial charge in [0.05, 0.1) is 5.41 Å². The third-order valence-corrected chi connectivity index (χ3v) is 3.52. The van der Waals surface area contributed by atoms with Crippen LogP contribution in [0.5, 0.6) is 0 Å². The van der Waals surface area contributed by atoms with Crippen molar-refractivity contribution >= 4 is 29.4 Å². The Morgan fingerprint density at radius 3 is 2.74 bits per heavy atom. The molecule has 104 valence electrons. The molecule has 1 aliphatic rings. The highest BCUT2D eigenvalue weighted by molar-refractivity contribution is 6.28. The van der Waals surface area contributed by atoms with Crippen molar-refractivity contribution in [2.24, 2.45) is 5.41 Å². The lowest BCUT2D eigenvalue weighted by Crippen LogP contribution is -2.39. The van der Waals surface area contributed by atoms with Crippen LogP contribution in [0, 0.1) is 5.41 Å². The molecule has 0 radical (unpaired) electrons. The van der Waals surface area contributed by atoms with E-state index < -0.39 is 5.41 Å². The quantitative estimate of drug-likeness (QED) is 0.842. The molecule has 1 aliphatic heterocycles. The number of hydrogen-bond donors (Lipinski definition) is 2. The molecular weight excluding hydrogens is 268 g/mol. The Kier molecular flexibility index (Phi) is 3.75. The van der Waals surface area contributed by atoms with E-state index in [9.17, 15) is 4.79 Å². The van der Waals surface area contributed by atoms with Crippen LogP contribution in [0.3, 0.4) is 0 Å². The number of hydrogen-bond acceptors (Lipinski definition) is 6. The Balaban J connectivity index is 2.21. The maximum Gasteiger partial charge on any atom is 0.231 e. The minimum absolute atomic E-state index is 0.0315. The summed E-state index contributed by atoms with van der Waals surface area (Å²) in [6.45, 7) is 3.22. The van der Waals surface area contributed by atoms with Gasteiger partial charge in [0.15, 0.2) is 0 Å². The summed E-state index contributed by atoms with van der Waals surface area (Å²) < 4.78 is 0. The van der Waals surface area contributed by atoms with Gasteiger partial charge in [0.2, 0.25) is 23.1 Å². The number of anilines is 2. The molecule has 0 aliphatic carbocycles. The molecule has 1 atom stereocenters. The number of amides is 1. The molecular formula is C11H17ClN6O. The van der Waals surface area contributed by atoms with Gasteiger partial charge in [-0.1, -0.05) is 0 Å². The summed E-state index contributed by atoms with van der Waals surface area (Å²) in [5.41, 5.74) is -0.423. The van der Waals surface area contributed by atoms with Crippen molar-refractivity contribution in [3.63, 3.8) is 0 Å². The molecule has 0 spiro atoms. The minimum atomic E-state index is -0.423. The lowest BCUT2D eigenvalue weighted by Gasteiger charge is -2.22. The highest BCUT2D eigenvalue weighted by Gasteiger charge is 2.40. The molecule has 1 fully saturated rings. The summed E-state index contributed by atoms with van der Waals surface area (Å²) >= 11 is 5.86. The fourth-order valence-electron chi connectivity index (χ4n) is 2.21. The largest absolute Gasteiger partial charge is 0.359 e. The SMILES string of the molecule is CNC(=O)C1(C)CCN(c2nc(Cl)nc(NC)n2)C1. The Morgan fingerprint density at radius 2 is 2.11 bits per heavy atom. The molecule has 1 aromatic heterocycles. The zero-order chi connectivity index (χ0) is 14.0. The molecule has 0 saturated carbocycles. The van der Waals surface area contributed by atoms with Crippen LogP contribution in [0.4, 0.5) is 11.9 Å².